The molecule has 5 heteroatoms. The van der Waals surface area contributed by atoms with Gasteiger partial charge in [0, 0.05) is 12.9 Å². The van der Waals surface area contributed by atoms with Crippen LogP contribution in [0.15, 0.2) is 34.2 Å². The molecule has 0 aliphatic rings. The number of methoxy groups -OCH3 is 1. The quantitative estimate of drug-likeness (QED) is 0.601. The summed E-state index contributed by atoms with van der Waals surface area (Å²) in [5, 5.41) is 1.45. The molecule has 1 aromatic heterocycles. The molecule has 1 aromatic carbocycles. The van der Waals surface area contributed by atoms with Crippen molar-refractivity contribution in [3.05, 3.63) is 34.6 Å². The second-order valence-corrected chi connectivity index (χ2v) is 5.27. The molecule has 2 aromatic rings. The van der Waals surface area contributed by atoms with Gasteiger partial charge in [-0.05, 0) is 18.6 Å². The minimum atomic E-state index is 0.0150. The molecule has 0 fully saturated rings. The lowest BCUT2D eigenvalue weighted by atomic mass is 10.2. The summed E-state index contributed by atoms with van der Waals surface area (Å²) in [5.74, 6) is 0.956. The molecule has 0 atom stereocenters. The van der Waals surface area contributed by atoms with Crippen molar-refractivity contribution >= 4 is 22.7 Å². The van der Waals surface area contributed by atoms with Crippen LogP contribution in [0.2, 0.25) is 0 Å². The molecule has 0 radical (unpaired) electrons. The van der Waals surface area contributed by atoms with E-state index >= 15 is 0 Å². The van der Waals surface area contributed by atoms with Gasteiger partial charge in [-0.1, -0.05) is 30.8 Å². The van der Waals surface area contributed by atoms with Crippen LogP contribution in [0.3, 0.4) is 0 Å². The first-order valence-electron chi connectivity index (χ1n) is 6.39. The Labute approximate surface area is 116 Å². The molecule has 0 spiro atoms. The first-order chi connectivity index (χ1) is 9.27. The fourth-order valence-electron chi connectivity index (χ4n) is 1.83. The third-order valence-corrected chi connectivity index (χ3v) is 3.96. The van der Waals surface area contributed by atoms with E-state index in [2.05, 4.69) is 11.9 Å². The van der Waals surface area contributed by atoms with Gasteiger partial charge in [-0.15, -0.1) is 0 Å². The van der Waals surface area contributed by atoms with Gasteiger partial charge in [-0.25, -0.2) is 4.98 Å². The molecule has 4 nitrogen and oxygen atoms in total. The van der Waals surface area contributed by atoms with Crippen LogP contribution in [0.5, 0.6) is 0 Å². The molecular weight excluding hydrogens is 260 g/mol. The molecule has 1 heterocycles. The highest BCUT2D eigenvalue weighted by molar-refractivity contribution is 7.99. The van der Waals surface area contributed by atoms with E-state index in [0.29, 0.717) is 18.5 Å². The lowest BCUT2D eigenvalue weighted by Gasteiger charge is -2.12. The molecular formula is C14H18N2O2S. The van der Waals surface area contributed by atoms with E-state index in [1.807, 2.05) is 24.3 Å². The van der Waals surface area contributed by atoms with Crippen LogP contribution >= 0.6 is 11.8 Å². The summed E-state index contributed by atoms with van der Waals surface area (Å²) in [6.07, 6.45) is 1.05. The Morgan fingerprint density at radius 1 is 1.37 bits per heavy atom. The minimum absolute atomic E-state index is 0.0150. The molecule has 19 heavy (non-hydrogen) atoms. The van der Waals surface area contributed by atoms with Crippen molar-refractivity contribution in [3.8, 4) is 0 Å². The van der Waals surface area contributed by atoms with Gasteiger partial charge in [0.15, 0.2) is 5.16 Å². The lowest BCUT2D eigenvalue weighted by Crippen LogP contribution is -2.25. The smallest absolute Gasteiger partial charge is 0.262 e. The fourth-order valence-corrected chi connectivity index (χ4v) is 2.71. The summed E-state index contributed by atoms with van der Waals surface area (Å²) in [7, 11) is 1.64. The number of aromatic nitrogens is 2. The van der Waals surface area contributed by atoms with Crippen molar-refractivity contribution in [2.24, 2.45) is 0 Å². The number of ether oxygens (including phenoxy) is 1. The topological polar surface area (TPSA) is 44.1 Å². The summed E-state index contributed by atoms with van der Waals surface area (Å²) in [6.45, 7) is 3.17. The molecule has 0 bridgehead atoms. The molecule has 0 N–H and O–H groups in total. The SMILES string of the molecule is CCCSc1nc2ccccc2c(=O)n1CCOC. The predicted octanol–water partition coefficient (Wildman–Crippen LogP) is 2.55. The summed E-state index contributed by atoms with van der Waals surface area (Å²) >= 11 is 1.62. The monoisotopic (exact) mass is 278 g/mol. The Kier molecular flexibility index (Phi) is 4.99. The number of para-hydroxylation sites is 1. The van der Waals surface area contributed by atoms with Crippen LogP contribution in [-0.2, 0) is 11.3 Å². The van der Waals surface area contributed by atoms with Gasteiger partial charge in [0.05, 0.1) is 24.1 Å². The zero-order chi connectivity index (χ0) is 13.7. The highest BCUT2D eigenvalue weighted by atomic mass is 32.2. The number of rotatable bonds is 6. The van der Waals surface area contributed by atoms with Gasteiger partial charge in [-0.3, -0.25) is 9.36 Å². The van der Waals surface area contributed by atoms with Gasteiger partial charge < -0.3 is 4.74 Å². The Bertz CT molecular complexity index is 610. The normalized spacial score (nSPS) is 11.1. The minimum Gasteiger partial charge on any atom is -0.383 e. The highest BCUT2D eigenvalue weighted by Gasteiger charge is 2.10. The van der Waals surface area contributed by atoms with E-state index in [4.69, 9.17) is 4.74 Å². The number of thioether (sulfide) groups is 1. The van der Waals surface area contributed by atoms with Crippen LogP contribution in [-0.4, -0.2) is 29.0 Å². The van der Waals surface area contributed by atoms with Gasteiger partial charge in [0.1, 0.15) is 0 Å². The number of benzene rings is 1. The Balaban J connectivity index is 2.52. The summed E-state index contributed by atoms with van der Waals surface area (Å²) < 4.78 is 6.79. The Hall–Kier alpha value is -1.33. The van der Waals surface area contributed by atoms with E-state index in [1.165, 1.54) is 0 Å². The van der Waals surface area contributed by atoms with Crippen LogP contribution in [0.1, 0.15) is 13.3 Å². The molecule has 0 aliphatic carbocycles. The summed E-state index contributed by atoms with van der Waals surface area (Å²) in [4.78, 5) is 17.1. The van der Waals surface area contributed by atoms with Crippen molar-refractivity contribution in [1.29, 1.82) is 0 Å². The maximum Gasteiger partial charge on any atom is 0.262 e. The third-order valence-electron chi connectivity index (χ3n) is 2.78. The molecule has 2 rings (SSSR count). The molecule has 0 aliphatic heterocycles. The van der Waals surface area contributed by atoms with Gasteiger partial charge >= 0.3 is 0 Å². The van der Waals surface area contributed by atoms with Gasteiger partial charge in [0.2, 0.25) is 0 Å². The average Bonchev–Trinajstić information content (AvgIpc) is 2.44. The van der Waals surface area contributed by atoms with Crippen LogP contribution in [0.25, 0.3) is 10.9 Å². The maximum atomic E-state index is 12.5. The van der Waals surface area contributed by atoms with Gasteiger partial charge in [-0.2, -0.15) is 0 Å². The lowest BCUT2D eigenvalue weighted by molar-refractivity contribution is 0.183. The standard InChI is InChI=1S/C14H18N2O2S/c1-3-10-19-14-15-12-7-5-4-6-11(12)13(17)16(14)8-9-18-2/h4-7H,3,8-10H2,1-2H3. The zero-order valence-corrected chi connectivity index (χ0v) is 12.1. The molecule has 0 saturated carbocycles. The van der Waals surface area contributed by atoms with Crippen LogP contribution in [0.4, 0.5) is 0 Å². The van der Waals surface area contributed by atoms with Crippen molar-refractivity contribution in [2.75, 3.05) is 19.5 Å². The van der Waals surface area contributed by atoms with Crippen molar-refractivity contribution in [2.45, 2.75) is 25.0 Å². The second kappa shape index (κ2) is 6.73. The predicted molar refractivity (Wildman–Crippen MR) is 78.9 cm³/mol. The Morgan fingerprint density at radius 2 is 2.16 bits per heavy atom. The van der Waals surface area contributed by atoms with Crippen molar-refractivity contribution < 1.29 is 4.74 Å². The molecule has 0 unspecified atom stereocenters. The zero-order valence-electron chi connectivity index (χ0n) is 11.3. The van der Waals surface area contributed by atoms with E-state index in [1.54, 1.807) is 23.4 Å². The first-order valence-corrected chi connectivity index (χ1v) is 7.37. The number of nitrogens with zero attached hydrogens (tertiary/aromatic N) is 2. The highest BCUT2D eigenvalue weighted by Crippen LogP contribution is 2.18. The fraction of sp³-hybridized carbons (Fsp3) is 0.429. The number of hydrogen-bond acceptors (Lipinski definition) is 4. The number of fused-ring (bicyclic) bond motifs is 1. The molecule has 102 valence electrons. The van der Waals surface area contributed by atoms with Crippen LogP contribution in [0, 0.1) is 0 Å². The summed E-state index contributed by atoms with van der Waals surface area (Å²) in [6, 6.07) is 7.48. The van der Waals surface area contributed by atoms with Crippen LogP contribution < -0.4 is 5.56 Å². The maximum absolute atomic E-state index is 12.5. The van der Waals surface area contributed by atoms with Crippen molar-refractivity contribution in [1.82, 2.24) is 9.55 Å². The van der Waals surface area contributed by atoms with E-state index in [9.17, 15) is 4.79 Å². The molecule has 0 saturated heterocycles. The Morgan fingerprint density at radius 3 is 2.89 bits per heavy atom. The number of hydrogen-bond donors (Lipinski definition) is 0. The van der Waals surface area contributed by atoms with E-state index < -0.39 is 0 Å². The van der Waals surface area contributed by atoms with E-state index in [-0.39, 0.29) is 5.56 Å². The average molecular weight is 278 g/mol. The van der Waals surface area contributed by atoms with Gasteiger partial charge in [0.25, 0.3) is 5.56 Å². The first kappa shape index (κ1) is 14.1. The van der Waals surface area contributed by atoms with Crippen molar-refractivity contribution in [3.63, 3.8) is 0 Å². The third kappa shape index (κ3) is 3.16. The summed E-state index contributed by atoms with van der Waals surface area (Å²) in [5.41, 5.74) is 0.779. The molecule has 0 amide bonds. The second-order valence-electron chi connectivity index (χ2n) is 4.21. The van der Waals surface area contributed by atoms with E-state index in [0.717, 1.165) is 22.8 Å². The largest absolute Gasteiger partial charge is 0.383 e.